The summed E-state index contributed by atoms with van der Waals surface area (Å²) in [6, 6.07) is 7.93. The fourth-order valence-electron chi connectivity index (χ4n) is 2.96. The molecule has 1 saturated heterocycles. The second kappa shape index (κ2) is 6.56. The zero-order valence-corrected chi connectivity index (χ0v) is 14.0. The lowest BCUT2D eigenvalue weighted by molar-refractivity contribution is 0.0979. The maximum atomic E-state index is 5.83. The average molecular weight is 341 g/mol. The summed E-state index contributed by atoms with van der Waals surface area (Å²) in [6.07, 6.45) is 4.37. The fraction of sp³-hybridized carbons (Fsp3) is 0.353. The Morgan fingerprint density at radius 2 is 2.28 bits per heavy atom. The van der Waals surface area contributed by atoms with Gasteiger partial charge in [-0.25, -0.2) is 4.98 Å². The van der Waals surface area contributed by atoms with Crippen molar-refractivity contribution in [2.45, 2.75) is 18.6 Å². The molecule has 0 radical (unpaired) electrons. The minimum Gasteiger partial charge on any atom is -0.497 e. The molecule has 0 aliphatic carbocycles. The second-order valence-electron chi connectivity index (χ2n) is 5.88. The van der Waals surface area contributed by atoms with Crippen molar-refractivity contribution in [3.8, 4) is 17.1 Å². The molecule has 8 nitrogen and oxygen atoms in total. The Bertz CT molecular complexity index is 859. The predicted molar refractivity (Wildman–Crippen MR) is 90.2 cm³/mol. The maximum Gasteiger partial charge on any atom is 0.322 e. The summed E-state index contributed by atoms with van der Waals surface area (Å²) < 4.78 is 18.4. The van der Waals surface area contributed by atoms with Gasteiger partial charge in [-0.05, 0) is 18.6 Å². The van der Waals surface area contributed by atoms with Crippen molar-refractivity contribution < 1.29 is 14.0 Å². The lowest BCUT2D eigenvalue weighted by Crippen LogP contribution is -2.25. The zero-order chi connectivity index (χ0) is 17.2. The summed E-state index contributed by atoms with van der Waals surface area (Å²) in [7, 11) is 3.58. The lowest BCUT2D eigenvalue weighted by atomic mass is 10.1. The zero-order valence-electron chi connectivity index (χ0n) is 14.0. The highest BCUT2D eigenvalue weighted by Crippen LogP contribution is 2.30. The molecule has 4 rings (SSSR count). The third kappa shape index (κ3) is 3.08. The van der Waals surface area contributed by atoms with Crippen LogP contribution in [0.2, 0.25) is 0 Å². The number of aromatic nitrogens is 4. The van der Waals surface area contributed by atoms with Gasteiger partial charge < -0.3 is 23.9 Å². The molecule has 2 aromatic heterocycles. The Balaban J connectivity index is 1.52. The first kappa shape index (κ1) is 15.6. The Kier molecular flexibility index (Phi) is 4.10. The average Bonchev–Trinajstić information content (AvgIpc) is 3.36. The molecular weight excluding hydrogens is 322 g/mol. The van der Waals surface area contributed by atoms with E-state index in [1.165, 1.54) is 0 Å². The van der Waals surface area contributed by atoms with Gasteiger partial charge in [-0.1, -0.05) is 17.3 Å². The Labute approximate surface area is 144 Å². The third-order valence-electron chi connectivity index (χ3n) is 4.27. The van der Waals surface area contributed by atoms with E-state index in [0.29, 0.717) is 18.4 Å². The van der Waals surface area contributed by atoms with E-state index in [0.717, 1.165) is 23.6 Å². The maximum absolute atomic E-state index is 5.83. The molecule has 3 aromatic rings. The van der Waals surface area contributed by atoms with Crippen LogP contribution in [0.1, 0.15) is 18.3 Å². The smallest absolute Gasteiger partial charge is 0.322 e. The first-order valence-electron chi connectivity index (χ1n) is 8.08. The molecule has 0 amide bonds. The van der Waals surface area contributed by atoms with Crippen LogP contribution in [-0.2, 0) is 11.8 Å². The molecule has 0 unspecified atom stereocenters. The number of anilines is 1. The van der Waals surface area contributed by atoms with E-state index in [4.69, 9.17) is 14.0 Å². The van der Waals surface area contributed by atoms with Crippen LogP contribution < -0.4 is 10.1 Å². The number of nitrogens with zero attached hydrogens (tertiary/aromatic N) is 4. The molecule has 25 heavy (non-hydrogen) atoms. The van der Waals surface area contributed by atoms with Crippen LogP contribution in [-0.4, -0.2) is 39.5 Å². The molecule has 1 N–H and O–H groups in total. The van der Waals surface area contributed by atoms with Gasteiger partial charge in [-0.15, -0.1) is 0 Å². The summed E-state index contributed by atoms with van der Waals surface area (Å²) in [5.41, 5.74) is 0.833. The Hall–Kier alpha value is -2.87. The molecular formula is C17H19N5O3. The van der Waals surface area contributed by atoms with Gasteiger partial charge >= 0.3 is 6.01 Å². The van der Waals surface area contributed by atoms with Crippen LogP contribution in [0, 0.1) is 0 Å². The second-order valence-corrected chi connectivity index (χ2v) is 5.88. The summed E-state index contributed by atoms with van der Waals surface area (Å²) in [4.78, 5) is 8.81. The number of hydrogen-bond donors (Lipinski definition) is 1. The highest BCUT2D eigenvalue weighted by atomic mass is 16.5. The quantitative estimate of drug-likeness (QED) is 0.762. The molecule has 2 atom stereocenters. The number of benzene rings is 1. The van der Waals surface area contributed by atoms with Gasteiger partial charge in [0, 0.05) is 31.6 Å². The van der Waals surface area contributed by atoms with Crippen LogP contribution in [0.5, 0.6) is 5.75 Å². The topological polar surface area (TPSA) is 87.2 Å². The molecule has 1 aliphatic rings. The molecule has 1 fully saturated rings. The van der Waals surface area contributed by atoms with E-state index in [-0.39, 0.29) is 12.1 Å². The molecule has 1 aromatic carbocycles. The third-order valence-corrected chi connectivity index (χ3v) is 4.27. The SMILES string of the molecule is COc1cccc(-c2noc(N[C@H]3CCO[C@@H]3c3nccn3C)n2)c1. The molecule has 8 heteroatoms. The van der Waals surface area contributed by atoms with Crippen molar-refractivity contribution in [1.82, 2.24) is 19.7 Å². The summed E-state index contributed by atoms with van der Waals surface area (Å²) in [6.45, 7) is 0.659. The highest BCUT2D eigenvalue weighted by molar-refractivity contribution is 5.58. The van der Waals surface area contributed by atoms with E-state index >= 15 is 0 Å². The first-order valence-corrected chi connectivity index (χ1v) is 8.08. The molecule has 1 aliphatic heterocycles. The molecule has 0 spiro atoms. The van der Waals surface area contributed by atoms with E-state index in [1.54, 1.807) is 13.3 Å². The largest absolute Gasteiger partial charge is 0.497 e. The van der Waals surface area contributed by atoms with Crippen LogP contribution in [0.3, 0.4) is 0 Å². The van der Waals surface area contributed by atoms with Crippen molar-refractivity contribution in [3.05, 3.63) is 42.5 Å². The lowest BCUT2D eigenvalue weighted by Gasteiger charge is -2.18. The van der Waals surface area contributed by atoms with E-state index in [9.17, 15) is 0 Å². The van der Waals surface area contributed by atoms with Crippen LogP contribution in [0.25, 0.3) is 11.4 Å². The summed E-state index contributed by atoms with van der Waals surface area (Å²) in [5, 5.41) is 7.32. The summed E-state index contributed by atoms with van der Waals surface area (Å²) >= 11 is 0. The van der Waals surface area contributed by atoms with Gasteiger partial charge in [0.15, 0.2) is 0 Å². The number of ether oxygens (including phenoxy) is 2. The van der Waals surface area contributed by atoms with E-state index in [2.05, 4.69) is 20.4 Å². The highest BCUT2D eigenvalue weighted by Gasteiger charge is 2.33. The first-order chi connectivity index (χ1) is 12.2. The van der Waals surface area contributed by atoms with E-state index < -0.39 is 0 Å². The number of hydrogen-bond acceptors (Lipinski definition) is 7. The normalized spacial score (nSPS) is 19.9. The molecule has 0 saturated carbocycles. The number of methoxy groups -OCH3 is 1. The van der Waals surface area contributed by atoms with Gasteiger partial charge in [-0.3, -0.25) is 0 Å². The van der Waals surface area contributed by atoms with Gasteiger partial charge in [0.05, 0.1) is 13.2 Å². The van der Waals surface area contributed by atoms with Crippen molar-refractivity contribution >= 4 is 6.01 Å². The monoisotopic (exact) mass is 341 g/mol. The van der Waals surface area contributed by atoms with Crippen LogP contribution in [0.15, 0.2) is 41.2 Å². The van der Waals surface area contributed by atoms with Crippen LogP contribution >= 0.6 is 0 Å². The van der Waals surface area contributed by atoms with Gasteiger partial charge in [-0.2, -0.15) is 4.98 Å². The van der Waals surface area contributed by atoms with Crippen LogP contribution in [0.4, 0.5) is 6.01 Å². The Morgan fingerprint density at radius 1 is 1.36 bits per heavy atom. The summed E-state index contributed by atoms with van der Waals surface area (Å²) in [5.74, 6) is 2.13. The molecule has 130 valence electrons. The number of aryl methyl sites for hydroxylation is 1. The number of imidazole rings is 1. The molecule has 3 heterocycles. The standard InChI is InChI=1S/C17H19N5O3/c1-22-8-7-18-16(22)14-13(6-9-24-14)19-17-20-15(21-25-17)11-4-3-5-12(10-11)23-2/h3-5,7-8,10,13-14H,6,9H2,1-2H3,(H,19,20,21)/t13-,14-/m0/s1. The minimum absolute atomic E-state index is 0.0275. The Morgan fingerprint density at radius 3 is 3.08 bits per heavy atom. The van der Waals surface area contributed by atoms with Gasteiger partial charge in [0.2, 0.25) is 5.82 Å². The molecule has 0 bridgehead atoms. The van der Waals surface area contributed by atoms with Gasteiger partial charge in [0.25, 0.3) is 0 Å². The van der Waals surface area contributed by atoms with Crippen molar-refractivity contribution in [1.29, 1.82) is 0 Å². The van der Waals surface area contributed by atoms with Crippen molar-refractivity contribution in [2.24, 2.45) is 7.05 Å². The van der Waals surface area contributed by atoms with Crippen molar-refractivity contribution in [3.63, 3.8) is 0 Å². The fourth-order valence-corrected chi connectivity index (χ4v) is 2.96. The van der Waals surface area contributed by atoms with Gasteiger partial charge in [0.1, 0.15) is 17.7 Å². The predicted octanol–water partition coefficient (Wildman–Crippen LogP) is 2.42. The number of rotatable bonds is 5. The number of nitrogens with one attached hydrogen (secondary N) is 1. The van der Waals surface area contributed by atoms with E-state index in [1.807, 2.05) is 42.1 Å². The minimum atomic E-state index is -0.146. The van der Waals surface area contributed by atoms with Crippen molar-refractivity contribution in [2.75, 3.05) is 19.0 Å².